The van der Waals surface area contributed by atoms with E-state index < -0.39 is 18.0 Å². The van der Waals surface area contributed by atoms with Crippen molar-refractivity contribution < 1.29 is 23.5 Å². The van der Waals surface area contributed by atoms with E-state index in [9.17, 15) is 18.8 Å². The van der Waals surface area contributed by atoms with Crippen molar-refractivity contribution in [2.45, 2.75) is 20.0 Å². The number of anilines is 1. The average Bonchev–Trinajstić information content (AvgIpc) is 3.20. The molecule has 0 bridgehead atoms. The number of carbonyl (C=O) groups excluding carboxylic acids is 3. The minimum absolute atomic E-state index is 0.197. The van der Waals surface area contributed by atoms with Crippen molar-refractivity contribution in [2.24, 2.45) is 0 Å². The molecule has 2 aromatic rings. The molecular weight excluding hydrogens is 343 g/mol. The quantitative estimate of drug-likeness (QED) is 0.897. The van der Waals surface area contributed by atoms with Gasteiger partial charge in [0, 0.05) is 31.2 Å². The van der Waals surface area contributed by atoms with E-state index in [0.717, 1.165) is 4.68 Å². The van der Waals surface area contributed by atoms with Crippen molar-refractivity contribution in [3.8, 4) is 11.1 Å². The van der Waals surface area contributed by atoms with E-state index in [2.05, 4.69) is 10.4 Å². The molecule has 1 atom stereocenters. The predicted octanol–water partition coefficient (Wildman–Crippen LogP) is 1.81. The second kappa shape index (κ2) is 6.95. The van der Waals surface area contributed by atoms with Gasteiger partial charge in [-0.1, -0.05) is 0 Å². The Morgan fingerprint density at radius 1 is 1.38 bits per heavy atom. The van der Waals surface area contributed by atoms with Gasteiger partial charge in [0.1, 0.15) is 11.9 Å². The Bertz CT molecular complexity index is 879. The molecule has 2 heterocycles. The van der Waals surface area contributed by atoms with Gasteiger partial charge in [-0.05, 0) is 18.2 Å². The van der Waals surface area contributed by atoms with Crippen LogP contribution in [0.5, 0.6) is 0 Å². The number of amides is 2. The lowest BCUT2D eigenvalue weighted by atomic mass is 10.1. The Morgan fingerprint density at radius 3 is 2.77 bits per heavy atom. The number of hydrogen-bond acceptors (Lipinski definition) is 5. The number of nitrogens with one attached hydrogen (secondary N) is 1. The van der Waals surface area contributed by atoms with Crippen LogP contribution in [0.25, 0.3) is 11.1 Å². The summed E-state index contributed by atoms with van der Waals surface area (Å²) in [5.74, 6) is -1.05. The predicted molar refractivity (Wildman–Crippen MR) is 90.2 cm³/mol. The van der Waals surface area contributed by atoms with E-state index in [1.54, 1.807) is 6.07 Å². The molecule has 26 heavy (non-hydrogen) atoms. The average molecular weight is 360 g/mol. The van der Waals surface area contributed by atoms with Crippen LogP contribution in [0.3, 0.4) is 0 Å². The van der Waals surface area contributed by atoms with Gasteiger partial charge in [0.05, 0.1) is 25.0 Å². The highest BCUT2D eigenvalue weighted by molar-refractivity contribution is 5.90. The van der Waals surface area contributed by atoms with Crippen molar-refractivity contribution in [2.75, 3.05) is 18.0 Å². The molecule has 0 saturated carbocycles. The zero-order valence-corrected chi connectivity index (χ0v) is 14.2. The first-order valence-electron chi connectivity index (χ1n) is 7.93. The van der Waals surface area contributed by atoms with Crippen LogP contribution in [0, 0.1) is 5.82 Å². The number of halogens is 1. The molecule has 8 nitrogen and oxygen atoms in total. The molecule has 0 spiro atoms. The molecule has 3 rings (SSSR count). The highest BCUT2D eigenvalue weighted by Crippen LogP contribution is 2.28. The first-order chi connectivity index (χ1) is 12.3. The van der Waals surface area contributed by atoms with Gasteiger partial charge < -0.3 is 10.1 Å². The van der Waals surface area contributed by atoms with Crippen molar-refractivity contribution in [3.63, 3.8) is 0 Å². The standard InChI is InChI=1S/C17H17FN4O4/c1-10(23)19-7-14-9-21(17(25)26-14)13-3-4-15(16(18)5-13)12-6-20-22(8-12)11(2)24/h3-6,8,14H,7,9H2,1-2H3,(H,19,23)/t14-/m0/s1. The zero-order chi connectivity index (χ0) is 18.8. The first kappa shape index (κ1) is 17.6. The summed E-state index contributed by atoms with van der Waals surface area (Å²) in [6.45, 7) is 3.13. The summed E-state index contributed by atoms with van der Waals surface area (Å²) >= 11 is 0. The van der Waals surface area contributed by atoms with Crippen LogP contribution >= 0.6 is 0 Å². The van der Waals surface area contributed by atoms with Crippen LogP contribution in [-0.2, 0) is 9.53 Å². The maximum atomic E-state index is 14.5. The van der Waals surface area contributed by atoms with E-state index in [0.29, 0.717) is 11.3 Å². The summed E-state index contributed by atoms with van der Waals surface area (Å²) in [6.07, 6.45) is 1.74. The van der Waals surface area contributed by atoms with Gasteiger partial charge in [-0.25, -0.2) is 13.9 Å². The Morgan fingerprint density at radius 2 is 2.15 bits per heavy atom. The molecular formula is C17H17FN4O4. The second-order valence-corrected chi connectivity index (χ2v) is 5.91. The third kappa shape index (κ3) is 3.56. The maximum absolute atomic E-state index is 14.5. The van der Waals surface area contributed by atoms with Crippen LogP contribution in [0.15, 0.2) is 30.6 Å². The van der Waals surface area contributed by atoms with Gasteiger partial charge in [0.15, 0.2) is 0 Å². The number of nitrogens with zero attached hydrogens (tertiary/aromatic N) is 3. The molecule has 0 aliphatic carbocycles. The van der Waals surface area contributed by atoms with E-state index in [4.69, 9.17) is 4.74 Å². The van der Waals surface area contributed by atoms with E-state index in [-0.39, 0.29) is 30.5 Å². The molecule has 0 radical (unpaired) electrons. The summed E-state index contributed by atoms with van der Waals surface area (Å²) in [5, 5.41) is 6.45. The normalized spacial score (nSPS) is 16.5. The van der Waals surface area contributed by atoms with Gasteiger partial charge in [-0.15, -0.1) is 0 Å². The fraction of sp³-hybridized carbons (Fsp3) is 0.294. The number of benzene rings is 1. The fourth-order valence-corrected chi connectivity index (χ4v) is 2.64. The number of rotatable bonds is 4. The first-order valence-corrected chi connectivity index (χ1v) is 7.93. The molecule has 9 heteroatoms. The highest BCUT2D eigenvalue weighted by atomic mass is 19.1. The van der Waals surface area contributed by atoms with E-state index >= 15 is 0 Å². The molecule has 136 valence electrons. The van der Waals surface area contributed by atoms with Gasteiger partial charge in [0.25, 0.3) is 0 Å². The zero-order valence-electron chi connectivity index (χ0n) is 14.2. The number of aromatic nitrogens is 2. The molecule has 2 amide bonds. The van der Waals surface area contributed by atoms with E-state index in [1.807, 2.05) is 0 Å². The smallest absolute Gasteiger partial charge is 0.414 e. The number of ether oxygens (including phenoxy) is 1. The number of cyclic esters (lactones) is 1. The van der Waals surface area contributed by atoms with Gasteiger partial charge >= 0.3 is 6.09 Å². The summed E-state index contributed by atoms with van der Waals surface area (Å²) in [7, 11) is 0. The van der Waals surface area contributed by atoms with Crippen LogP contribution in [-0.4, -0.2) is 46.9 Å². The Labute approximate surface area is 148 Å². The van der Waals surface area contributed by atoms with Crippen molar-refractivity contribution in [1.82, 2.24) is 15.1 Å². The Balaban J connectivity index is 1.77. The van der Waals surface area contributed by atoms with Gasteiger partial charge in [-0.3, -0.25) is 14.5 Å². The number of hydrogen-bond donors (Lipinski definition) is 1. The molecule has 0 unspecified atom stereocenters. The molecule has 1 aliphatic heterocycles. The Kier molecular flexibility index (Phi) is 4.70. The van der Waals surface area contributed by atoms with Crippen LogP contribution < -0.4 is 10.2 Å². The van der Waals surface area contributed by atoms with Crippen molar-refractivity contribution in [3.05, 3.63) is 36.4 Å². The molecule has 1 fully saturated rings. The third-order valence-electron chi connectivity index (χ3n) is 3.93. The van der Waals surface area contributed by atoms with Gasteiger partial charge in [-0.2, -0.15) is 5.10 Å². The minimum Gasteiger partial charge on any atom is -0.442 e. The van der Waals surface area contributed by atoms with Crippen LogP contribution in [0.4, 0.5) is 14.9 Å². The molecule has 1 aromatic heterocycles. The summed E-state index contributed by atoms with van der Waals surface area (Å²) in [5.41, 5.74) is 1.07. The lowest BCUT2D eigenvalue weighted by molar-refractivity contribution is -0.119. The molecule has 1 N–H and O–H groups in total. The molecule has 1 saturated heterocycles. The monoisotopic (exact) mass is 360 g/mol. The highest BCUT2D eigenvalue weighted by Gasteiger charge is 2.32. The number of carbonyl (C=O) groups is 3. The summed E-state index contributed by atoms with van der Waals surface area (Å²) in [4.78, 5) is 35.5. The van der Waals surface area contributed by atoms with E-state index in [1.165, 1.54) is 43.3 Å². The second-order valence-electron chi connectivity index (χ2n) is 5.91. The molecule has 1 aliphatic rings. The topological polar surface area (TPSA) is 93.5 Å². The summed E-state index contributed by atoms with van der Waals surface area (Å²) < 4.78 is 20.8. The summed E-state index contributed by atoms with van der Waals surface area (Å²) in [6, 6.07) is 4.33. The van der Waals surface area contributed by atoms with Crippen molar-refractivity contribution >= 4 is 23.6 Å². The maximum Gasteiger partial charge on any atom is 0.414 e. The lowest BCUT2D eigenvalue weighted by Crippen LogP contribution is -2.33. The SMILES string of the molecule is CC(=O)NC[C@H]1CN(c2ccc(-c3cnn(C(C)=O)c3)c(F)c2)C(=O)O1. The lowest BCUT2D eigenvalue weighted by Gasteiger charge is -2.14. The fourth-order valence-electron chi connectivity index (χ4n) is 2.64. The Hall–Kier alpha value is -3.23. The van der Waals surface area contributed by atoms with Crippen LogP contribution in [0.1, 0.15) is 18.6 Å². The minimum atomic E-state index is -0.600. The largest absolute Gasteiger partial charge is 0.442 e. The van der Waals surface area contributed by atoms with Crippen LogP contribution in [0.2, 0.25) is 0 Å². The third-order valence-corrected chi connectivity index (χ3v) is 3.93. The van der Waals surface area contributed by atoms with Gasteiger partial charge in [0.2, 0.25) is 11.8 Å². The van der Waals surface area contributed by atoms with Crippen molar-refractivity contribution in [1.29, 1.82) is 0 Å². The molecule has 1 aromatic carbocycles.